The quantitative estimate of drug-likeness (QED) is 0.684. The molecule has 0 bridgehead atoms. The second-order valence-corrected chi connectivity index (χ2v) is 5.01. The van der Waals surface area contributed by atoms with Crippen LogP contribution in [0.1, 0.15) is 25.3 Å². The van der Waals surface area contributed by atoms with E-state index in [0.29, 0.717) is 0 Å². The van der Waals surface area contributed by atoms with Crippen LogP contribution in [0.15, 0.2) is 24.3 Å². The molecule has 1 saturated heterocycles. The lowest BCUT2D eigenvalue weighted by Crippen LogP contribution is -2.42. The molecule has 0 atom stereocenters. The third-order valence-electron chi connectivity index (χ3n) is 3.19. The Kier molecular flexibility index (Phi) is 4.16. The summed E-state index contributed by atoms with van der Waals surface area (Å²) in [4.78, 5) is 35.5. The zero-order valence-electron chi connectivity index (χ0n) is 11.4. The molecule has 6 heteroatoms. The average molecular weight is 291 g/mol. The zero-order chi connectivity index (χ0) is 15.6. The van der Waals surface area contributed by atoms with Gasteiger partial charge in [0.2, 0.25) is 11.8 Å². The summed E-state index contributed by atoms with van der Waals surface area (Å²) in [6, 6.07) is 3.73. The first-order chi connectivity index (χ1) is 9.88. The second kappa shape index (κ2) is 5.87. The van der Waals surface area contributed by atoms with Gasteiger partial charge in [-0.15, -0.1) is 0 Å². The van der Waals surface area contributed by atoms with E-state index in [0.717, 1.165) is 23.1 Å². The molecule has 1 fully saturated rings. The molecule has 0 aromatic heterocycles. The lowest BCUT2D eigenvalue weighted by molar-refractivity contribution is -0.132. The van der Waals surface area contributed by atoms with Crippen molar-refractivity contribution in [3.63, 3.8) is 0 Å². The Morgan fingerprint density at radius 2 is 1.95 bits per heavy atom. The summed E-state index contributed by atoms with van der Waals surface area (Å²) in [6.45, 7) is 1.82. The van der Waals surface area contributed by atoms with Crippen molar-refractivity contribution in [2.45, 2.75) is 19.8 Å². The highest BCUT2D eigenvalue weighted by Gasteiger charge is 2.31. The normalized spacial score (nSPS) is 16.8. The molecule has 1 aliphatic heterocycles. The third-order valence-corrected chi connectivity index (χ3v) is 3.19. The van der Waals surface area contributed by atoms with Gasteiger partial charge in [-0.2, -0.15) is 0 Å². The summed E-state index contributed by atoms with van der Waals surface area (Å²) >= 11 is 0. The molecule has 1 heterocycles. The van der Waals surface area contributed by atoms with Gasteiger partial charge in [0.05, 0.1) is 5.69 Å². The summed E-state index contributed by atoms with van der Waals surface area (Å²) in [6.07, 6.45) is 2.39. The Hall–Kier alpha value is -2.50. The van der Waals surface area contributed by atoms with E-state index < -0.39 is 11.8 Å². The maximum Gasteiger partial charge on any atom is 0.328 e. The lowest BCUT2D eigenvalue weighted by atomic mass is 9.97. The number of carboxylic acids is 1. The number of amides is 2. The fourth-order valence-electron chi connectivity index (χ4n) is 2.24. The first kappa shape index (κ1) is 14.9. The van der Waals surface area contributed by atoms with Crippen molar-refractivity contribution < 1.29 is 23.9 Å². The van der Waals surface area contributed by atoms with Gasteiger partial charge in [-0.05, 0) is 30.2 Å². The topological polar surface area (TPSA) is 74.7 Å². The van der Waals surface area contributed by atoms with E-state index in [-0.39, 0.29) is 41.8 Å². The highest BCUT2D eigenvalue weighted by atomic mass is 19.1. The molecule has 0 spiro atoms. The maximum atomic E-state index is 13.6. The van der Waals surface area contributed by atoms with Crippen molar-refractivity contribution in [3.8, 4) is 0 Å². The molecule has 21 heavy (non-hydrogen) atoms. The Labute approximate surface area is 120 Å². The second-order valence-electron chi connectivity index (χ2n) is 5.01. The molecule has 110 valence electrons. The summed E-state index contributed by atoms with van der Waals surface area (Å²) in [7, 11) is 0. The van der Waals surface area contributed by atoms with Crippen LogP contribution in [0.2, 0.25) is 0 Å². The number of benzene rings is 1. The Bertz CT molecular complexity index is 621. The smallest absolute Gasteiger partial charge is 0.328 e. The predicted molar refractivity (Wildman–Crippen MR) is 74.0 cm³/mol. The molecule has 0 saturated carbocycles. The van der Waals surface area contributed by atoms with Crippen molar-refractivity contribution in [2.24, 2.45) is 5.92 Å². The van der Waals surface area contributed by atoms with E-state index in [1.165, 1.54) is 12.1 Å². The lowest BCUT2D eigenvalue weighted by Gasteiger charge is -2.28. The van der Waals surface area contributed by atoms with E-state index >= 15 is 0 Å². The van der Waals surface area contributed by atoms with Crippen LogP contribution in [0.5, 0.6) is 0 Å². The maximum absolute atomic E-state index is 13.6. The number of carbonyl (C=O) groups excluding carboxylic acids is 2. The van der Waals surface area contributed by atoms with Gasteiger partial charge in [-0.25, -0.2) is 9.18 Å². The molecular weight excluding hydrogens is 277 g/mol. The first-order valence-electron chi connectivity index (χ1n) is 6.45. The molecule has 1 aromatic carbocycles. The van der Waals surface area contributed by atoms with Crippen LogP contribution >= 0.6 is 0 Å². The number of halogens is 1. The first-order valence-corrected chi connectivity index (χ1v) is 6.45. The minimum Gasteiger partial charge on any atom is -0.478 e. The molecular formula is C15H14FNO4. The van der Waals surface area contributed by atoms with E-state index in [9.17, 15) is 18.8 Å². The highest BCUT2D eigenvalue weighted by Crippen LogP contribution is 2.27. The largest absolute Gasteiger partial charge is 0.478 e. The summed E-state index contributed by atoms with van der Waals surface area (Å²) < 4.78 is 13.6. The number of rotatable bonds is 3. The Morgan fingerprint density at radius 3 is 2.52 bits per heavy atom. The van der Waals surface area contributed by atoms with Crippen LogP contribution < -0.4 is 4.90 Å². The van der Waals surface area contributed by atoms with Crippen LogP contribution in [-0.2, 0) is 14.4 Å². The van der Waals surface area contributed by atoms with Gasteiger partial charge in [-0.3, -0.25) is 14.5 Å². The van der Waals surface area contributed by atoms with Crippen LogP contribution in [0.3, 0.4) is 0 Å². The number of aliphatic carboxylic acids is 1. The molecule has 1 aromatic rings. The number of piperidine rings is 1. The summed E-state index contributed by atoms with van der Waals surface area (Å²) in [5, 5.41) is 8.57. The van der Waals surface area contributed by atoms with Crippen molar-refractivity contribution in [3.05, 3.63) is 35.7 Å². The minimum absolute atomic E-state index is 0.00641. The summed E-state index contributed by atoms with van der Waals surface area (Å²) in [5.74, 6) is -2.51. The fourth-order valence-corrected chi connectivity index (χ4v) is 2.24. The van der Waals surface area contributed by atoms with E-state index in [4.69, 9.17) is 5.11 Å². The third kappa shape index (κ3) is 3.34. The van der Waals surface area contributed by atoms with E-state index in [1.54, 1.807) is 0 Å². The summed E-state index contributed by atoms with van der Waals surface area (Å²) in [5.41, 5.74) is 0.262. The molecule has 1 N–H and O–H groups in total. The van der Waals surface area contributed by atoms with Gasteiger partial charge in [0.1, 0.15) is 5.82 Å². The Morgan fingerprint density at radius 1 is 1.33 bits per heavy atom. The standard InChI is InChI=1S/C15H14FNO4/c1-9-6-13(18)17(14(19)7-9)11-3-4-12(16)10(8-11)2-5-15(20)21/h2-5,8-9H,6-7H2,1H3,(H,20,21)/b5-2+. The van der Waals surface area contributed by atoms with Crippen LogP contribution in [0.4, 0.5) is 10.1 Å². The molecule has 0 unspecified atom stereocenters. The number of carboxylic acid groups (broad SMARTS) is 1. The number of hydrogen-bond acceptors (Lipinski definition) is 3. The Balaban J connectivity index is 2.36. The average Bonchev–Trinajstić information content (AvgIpc) is 2.37. The predicted octanol–water partition coefficient (Wildman–Crippen LogP) is 2.21. The van der Waals surface area contributed by atoms with Crippen molar-refractivity contribution >= 4 is 29.5 Å². The molecule has 2 amide bonds. The van der Waals surface area contributed by atoms with Crippen LogP contribution in [0.25, 0.3) is 6.08 Å². The van der Waals surface area contributed by atoms with Gasteiger partial charge in [0.25, 0.3) is 0 Å². The highest BCUT2D eigenvalue weighted by molar-refractivity contribution is 6.16. The monoisotopic (exact) mass is 291 g/mol. The SMILES string of the molecule is CC1CC(=O)N(c2ccc(F)c(/C=C/C(=O)O)c2)C(=O)C1. The van der Waals surface area contributed by atoms with Crippen LogP contribution in [-0.4, -0.2) is 22.9 Å². The number of anilines is 1. The van der Waals surface area contributed by atoms with Gasteiger partial charge in [-0.1, -0.05) is 6.92 Å². The molecule has 0 aliphatic carbocycles. The van der Waals surface area contributed by atoms with Crippen molar-refractivity contribution in [1.29, 1.82) is 0 Å². The fraction of sp³-hybridized carbons (Fsp3) is 0.267. The van der Waals surface area contributed by atoms with E-state index in [2.05, 4.69) is 0 Å². The van der Waals surface area contributed by atoms with Crippen molar-refractivity contribution in [2.75, 3.05) is 4.90 Å². The van der Waals surface area contributed by atoms with Gasteiger partial charge >= 0.3 is 5.97 Å². The van der Waals surface area contributed by atoms with Crippen LogP contribution in [0, 0.1) is 11.7 Å². The van der Waals surface area contributed by atoms with Gasteiger partial charge in [0.15, 0.2) is 0 Å². The van der Waals surface area contributed by atoms with Crippen molar-refractivity contribution in [1.82, 2.24) is 0 Å². The van der Waals surface area contributed by atoms with Gasteiger partial charge in [0, 0.05) is 24.5 Å². The zero-order valence-corrected chi connectivity index (χ0v) is 11.4. The number of nitrogens with zero attached hydrogens (tertiary/aromatic N) is 1. The minimum atomic E-state index is -1.21. The number of imide groups is 1. The molecule has 1 aliphatic rings. The molecule has 2 rings (SSSR count). The number of carbonyl (C=O) groups is 3. The molecule has 0 radical (unpaired) electrons. The van der Waals surface area contributed by atoms with Gasteiger partial charge < -0.3 is 5.11 Å². The van der Waals surface area contributed by atoms with E-state index in [1.807, 2.05) is 6.92 Å². The number of hydrogen-bond donors (Lipinski definition) is 1. The molecule has 5 nitrogen and oxygen atoms in total.